The molecule has 0 atom stereocenters. The highest BCUT2D eigenvalue weighted by Crippen LogP contribution is 2.38. The summed E-state index contributed by atoms with van der Waals surface area (Å²) >= 11 is 7.26. The minimum absolute atomic E-state index is 0.116. The lowest BCUT2D eigenvalue weighted by atomic mass is 10.1. The number of rotatable bonds is 5. The van der Waals surface area contributed by atoms with E-state index in [1.54, 1.807) is 17.8 Å². The van der Waals surface area contributed by atoms with Gasteiger partial charge in [0.05, 0.1) is 11.2 Å². The number of thiocarbonyl (C=S) groups is 1. The molecule has 0 amide bonds. The highest BCUT2D eigenvalue weighted by molar-refractivity contribution is 8.22. The molecule has 2 aromatic carbocycles. The number of carbonyl (C=O) groups is 1. The van der Waals surface area contributed by atoms with Crippen molar-refractivity contribution in [3.63, 3.8) is 0 Å². The number of halogens is 1. The van der Waals surface area contributed by atoms with Crippen molar-refractivity contribution in [2.75, 3.05) is 31.1 Å². The lowest BCUT2D eigenvalue weighted by molar-refractivity contribution is 0.0695. The second-order valence-corrected chi connectivity index (χ2v) is 10.3. The highest BCUT2D eigenvalue weighted by atomic mass is 32.2. The van der Waals surface area contributed by atoms with Gasteiger partial charge in [0.1, 0.15) is 15.7 Å². The highest BCUT2D eigenvalue weighted by Gasteiger charge is 2.28. The molecular weight excluding hydrogens is 473 g/mol. The summed E-state index contributed by atoms with van der Waals surface area (Å²) in [6.45, 7) is 2.58. The van der Waals surface area contributed by atoms with Gasteiger partial charge in [0.25, 0.3) is 0 Å². The average Bonchev–Trinajstić information content (AvgIpc) is 3.69. The first-order chi connectivity index (χ1) is 16.4. The van der Waals surface area contributed by atoms with E-state index in [9.17, 15) is 14.7 Å². The molecule has 1 N–H and O–H groups in total. The van der Waals surface area contributed by atoms with Crippen LogP contribution >= 0.6 is 24.0 Å². The Hall–Kier alpha value is -2.91. The molecule has 0 unspecified atom stereocenters. The van der Waals surface area contributed by atoms with Crippen molar-refractivity contribution >= 4 is 50.9 Å². The average molecular weight is 498 g/mol. The number of aromatic carboxylic acids is 1. The fourth-order valence-corrected chi connectivity index (χ4v) is 5.56. The van der Waals surface area contributed by atoms with Gasteiger partial charge >= 0.3 is 5.97 Å². The van der Waals surface area contributed by atoms with Crippen molar-refractivity contribution in [2.45, 2.75) is 24.6 Å². The molecular formula is C25H24FN3O3S2. The zero-order valence-corrected chi connectivity index (χ0v) is 20.1. The number of thioether (sulfide) groups is 1. The van der Waals surface area contributed by atoms with Gasteiger partial charge in [-0.2, -0.15) is 0 Å². The Balaban J connectivity index is 1.34. The molecule has 1 aromatic heterocycles. The van der Waals surface area contributed by atoms with Gasteiger partial charge in [-0.3, -0.25) is 4.79 Å². The van der Waals surface area contributed by atoms with Crippen molar-refractivity contribution in [1.29, 1.82) is 0 Å². The Morgan fingerprint density at radius 3 is 2.47 bits per heavy atom. The van der Waals surface area contributed by atoms with Gasteiger partial charge in [-0.15, -0.1) is 0 Å². The summed E-state index contributed by atoms with van der Waals surface area (Å²) in [6, 6.07) is 13.2. The predicted octanol–water partition coefficient (Wildman–Crippen LogP) is 4.51. The van der Waals surface area contributed by atoms with Crippen LogP contribution in [0.4, 0.5) is 10.1 Å². The van der Waals surface area contributed by atoms with E-state index in [1.807, 2.05) is 27.7 Å². The van der Waals surface area contributed by atoms with Crippen LogP contribution in [0.3, 0.4) is 0 Å². The predicted molar refractivity (Wildman–Crippen MR) is 138 cm³/mol. The molecule has 2 fully saturated rings. The van der Waals surface area contributed by atoms with Crippen molar-refractivity contribution in [3.05, 3.63) is 75.8 Å². The first-order valence-corrected chi connectivity index (χ1v) is 12.6. The Morgan fingerprint density at radius 1 is 1.12 bits per heavy atom. The Kier molecular flexibility index (Phi) is 6.31. The van der Waals surface area contributed by atoms with Crippen LogP contribution in [0.5, 0.6) is 0 Å². The monoisotopic (exact) mass is 497 g/mol. The van der Waals surface area contributed by atoms with Gasteiger partial charge in [0, 0.05) is 49.6 Å². The van der Waals surface area contributed by atoms with Crippen LogP contribution in [0.25, 0.3) is 10.9 Å². The molecule has 34 heavy (non-hydrogen) atoms. The van der Waals surface area contributed by atoms with Crippen LogP contribution < -0.4 is 10.3 Å². The SMILES string of the molecule is O=C(O)c1cn(C2CC2)c2cc(N3CCN(C(=S)SCc4ccccc4)CC3)c(F)cc2c1=O. The molecule has 9 heteroatoms. The molecule has 0 spiro atoms. The number of aromatic nitrogens is 1. The molecule has 1 aliphatic carbocycles. The number of pyridine rings is 1. The van der Waals surface area contributed by atoms with Crippen LogP contribution in [-0.4, -0.2) is 51.0 Å². The van der Waals surface area contributed by atoms with E-state index in [0.717, 1.165) is 22.9 Å². The zero-order chi connectivity index (χ0) is 23.8. The van der Waals surface area contributed by atoms with Gasteiger partial charge in [-0.1, -0.05) is 54.3 Å². The summed E-state index contributed by atoms with van der Waals surface area (Å²) in [7, 11) is 0. The topological polar surface area (TPSA) is 65.8 Å². The van der Waals surface area contributed by atoms with E-state index >= 15 is 4.39 Å². The Labute approximate surface area is 206 Å². The summed E-state index contributed by atoms with van der Waals surface area (Å²) in [5.41, 5.74) is 1.29. The van der Waals surface area contributed by atoms with Gasteiger partial charge in [0.15, 0.2) is 0 Å². The first-order valence-electron chi connectivity index (χ1n) is 11.2. The van der Waals surface area contributed by atoms with Crippen molar-refractivity contribution in [3.8, 4) is 0 Å². The second kappa shape index (κ2) is 9.38. The molecule has 2 heterocycles. The molecule has 2 aliphatic rings. The molecule has 176 valence electrons. The first kappa shape index (κ1) is 22.9. The second-order valence-electron chi connectivity index (χ2n) is 8.65. The summed E-state index contributed by atoms with van der Waals surface area (Å²) in [6.07, 6.45) is 3.24. The Morgan fingerprint density at radius 2 is 1.82 bits per heavy atom. The van der Waals surface area contributed by atoms with E-state index in [4.69, 9.17) is 12.2 Å². The van der Waals surface area contributed by atoms with E-state index in [0.29, 0.717) is 37.4 Å². The zero-order valence-electron chi connectivity index (χ0n) is 18.4. The van der Waals surface area contributed by atoms with Crippen molar-refractivity contribution in [2.24, 2.45) is 0 Å². The molecule has 5 rings (SSSR count). The molecule has 1 aliphatic heterocycles. The minimum atomic E-state index is -1.29. The number of anilines is 1. The number of fused-ring (bicyclic) bond motifs is 1. The maximum Gasteiger partial charge on any atom is 0.341 e. The number of hydrogen-bond acceptors (Lipinski definition) is 5. The molecule has 0 radical (unpaired) electrons. The third kappa shape index (κ3) is 4.54. The smallest absolute Gasteiger partial charge is 0.341 e. The molecule has 3 aromatic rings. The standard InChI is InChI=1S/C25H24FN3O3S2/c26-20-12-18-21(29(17-6-7-17)14-19(23(18)30)24(31)32)13-22(20)27-8-10-28(11-9-27)25(33)34-15-16-4-2-1-3-5-16/h1-5,12-14,17H,6-11,15H2,(H,31,32). The van der Waals surface area contributed by atoms with Crippen LogP contribution in [0.2, 0.25) is 0 Å². The van der Waals surface area contributed by atoms with Crippen molar-refractivity contribution < 1.29 is 14.3 Å². The number of carboxylic acids is 1. The van der Waals surface area contributed by atoms with Crippen molar-refractivity contribution in [1.82, 2.24) is 9.47 Å². The lowest BCUT2D eigenvalue weighted by Gasteiger charge is -2.37. The number of piperazine rings is 1. The summed E-state index contributed by atoms with van der Waals surface area (Å²) in [5, 5.41) is 9.54. The fourth-order valence-electron chi connectivity index (χ4n) is 4.35. The number of carboxylic acid groups (broad SMARTS) is 1. The maximum atomic E-state index is 15.1. The number of benzene rings is 2. The van der Waals surface area contributed by atoms with Gasteiger partial charge in [-0.05, 0) is 30.5 Å². The van der Waals surface area contributed by atoms with Gasteiger partial charge in [-0.25, -0.2) is 9.18 Å². The molecule has 1 saturated carbocycles. The normalized spacial score (nSPS) is 16.1. The molecule has 6 nitrogen and oxygen atoms in total. The quantitative estimate of drug-likeness (QED) is 0.520. The van der Waals surface area contributed by atoms with Crippen LogP contribution in [0, 0.1) is 5.82 Å². The molecule has 1 saturated heterocycles. The number of nitrogens with zero attached hydrogens (tertiary/aromatic N) is 3. The van der Waals surface area contributed by atoms with Crippen LogP contribution in [-0.2, 0) is 5.75 Å². The van der Waals surface area contributed by atoms with Crippen LogP contribution in [0.15, 0.2) is 53.5 Å². The lowest BCUT2D eigenvalue weighted by Crippen LogP contribution is -2.48. The number of hydrogen-bond donors (Lipinski definition) is 1. The van der Waals surface area contributed by atoms with Gasteiger partial charge < -0.3 is 19.5 Å². The summed E-state index contributed by atoms with van der Waals surface area (Å²) in [5.74, 6) is -0.983. The van der Waals surface area contributed by atoms with E-state index in [2.05, 4.69) is 17.0 Å². The van der Waals surface area contributed by atoms with Gasteiger partial charge in [0.2, 0.25) is 5.43 Å². The minimum Gasteiger partial charge on any atom is -0.477 e. The third-order valence-corrected chi connectivity index (χ3v) is 7.95. The van der Waals surface area contributed by atoms with E-state index in [1.165, 1.54) is 17.8 Å². The summed E-state index contributed by atoms with van der Waals surface area (Å²) in [4.78, 5) is 28.4. The van der Waals surface area contributed by atoms with E-state index < -0.39 is 17.2 Å². The molecule has 0 bridgehead atoms. The fraction of sp³-hybridized carbons (Fsp3) is 0.320. The van der Waals surface area contributed by atoms with Crippen LogP contribution in [0.1, 0.15) is 34.8 Å². The third-order valence-electron chi connectivity index (χ3n) is 6.36. The summed E-state index contributed by atoms with van der Waals surface area (Å²) < 4.78 is 17.8. The largest absolute Gasteiger partial charge is 0.477 e. The maximum absolute atomic E-state index is 15.1. The van der Waals surface area contributed by atoms with E-state index in [-0.39, 0.29) is 17.0 Å². The Bertz CT molecular complexity index is 1320.